The summed E-state index contributed by atoms with van der Waals surface area (Å²) in [5, 5.41) is 4.70. The van der Waals surface area contributed by atoms with Crippen molar-refractivity contribution in [2.75, 3.05) is 19.0 Å². The third-order valence-corrected chi connectivity index (χ3v) is 11.1. The number of methoxy groups -OCH3 is 1. The summed E-state index contributed by atoms with van der Waals surface area (Å²) in [5.74, 6) is -1.93. The first-order valence-electron chi connectivity index (χ1n) is 10.1. The van der Waals surface area contributed by atoms with Gasteiger partial charge in [0.05, 0.1) is 12.1 Å². The summed E-state index contributed by atoms with van der Waals surface area (Å²) >= 11 is 0.826. The second-order valence-electron chi connectivity index (χ2n) is 8.28. The number of thiophene rings is 1. The summed E-state index contributed by atoms with van der Waals surface area (Å²) in [6, 6.07) is 21.1. The molecule has 0 unspecified atom stereocenters. The summed E-state index contributed by atoms with van der Waals surface area (Å²) in [5.41, 5.74) is 0. The van der Waals surface area contributed by atoms with Crippen molar-refractivity contribution < 1.29 is 23.1 Å². The number of hydrogen-bond acceptors (Lipinski definition) is 5. The second-order valence-corrected chi connectivity index (χ2v) is 13.6. The fraction of sp³-hybridized carbons (Fsp3) is 0.250. The van der Waals surface area contributed by atoms with Crippen LogP contribution in [-0.2, 0) is 14.0 Å². The maximum atomic E-state index is 14.0. The fourth-order valence-corrected chi connectivity index (χ4v) is 9.14. The van der Waals surface area contributed by atoms with E-state index in [2.05, 4.69) is 30.8 Å². The topological polar surface area (TPSA) is 64.6 Å². The minimum atomic E-state index is -2.86. The summed E-state index contributed by atoms with van der Waals surface area (Å²) in [6.07, 6.45) is 0. The van der Waals surface area contributed by atoms with Crippen LogP contribution in [0.3, 0.4) is 0 Å². The molecule has 0 bridgehead atoms. The average Bonchev–Trinajstić information content (AvgIpc) is 3.14. The Morgan fingerprint density at radius 3 is 2.00 bits per heavy atom. The van der Waals surface area contributed by atoms with Crippen LogP contribution in [0.2, 0.25) is 5.04 Å². The SMILES string of the molecule is COC(=O)c1sc(NC(=O)CO[Si](c2ccccc2)(c2ccccc2)C(C)(C)C)cc1F. The lowest BCUT2D eigenvalue weighted by Crippen LogP contribution is -2.67. The Kier molecular flexibility index (Phi) is 7.28. The summed E-state index contributed by atoms with van der Waals surface area (Å²) in [7, 11) is -1.69. The van der Waals surface area contributed by atoms with Crippen LogP contribution >= 0.6 is 11.3 Å². The number of halogens is 1. The predicted octanol–water partition coefficient (Wildman–Crippen LogP) is 4.19. The van der Waals surface area contributed by atoms with Gasteiger partial charge in [0.15, 0.2) is 5.82 Å². The van der Waals surface area contributed by atoms with Gasteiger partial charge < -0.3 is 14.5 Å². The van der Waals surface area contributed by atoms with Crippen molar-refractivity contribution in [2.24, 2.45) is 0 Å². The molecular weight excluding hydrogens is 445 g/mol. The van der Waals surface area contributed by atoms with Crippen LogP contribution in [0.25, 0.3) is 0 Å². The van der Waals surface area contributed by atoms with Crippen LogP contribution in [0.15, 0.2) is 66.7 Å². The number of benzene rings is 2. The van der Waals surface area contributed by atoms with Crippen LogP contribution in [0.4, 0.5) is 9.39 Å². The van der Waals surface area contributed by atoms with Crippen molar-refractivity contribution >= 4 is 46.9 Å². The molecule has 2 aromatic carbocycles. The molecule has 0 saturated carbocycles. The van der Waals surface area contributed by atoms with Crippen LogP contribution < -0.4 is 15.7 Å². The Balaban J connectivity index is 1.90. The number of esters is 1. The highest BCUT2D eigenvalue weighted by atomic mass is 32.1. The molecule has 168 valence electrons. The van der Waals surface area contributed by atoms with E-state index in [1.54, 1.807) is 0 Å². The number of nitrogens with one attached hydrogen (secondary N) is 1. The number of carbonyl (C=O) groups is 2. The highest BCUT2D eigenvalue weighted by Gasteiger charge is 2.50. The molecule has 0 atom stereocenters. The molecule has 32 heavy (non-hydrogen) atoms. The Morgan fingerprint density at radius 1 is 1.00 bits per heavy atom. The molecule has 0 fully saturated rings. The van der Waals surface area contributed by atoms with Crippen LogP contribution in [0, 0.1) is 5.82 Å². The lowest BCUT2D eigenvalue weighted by molar-refractivity contribution is -0.118. The first-order valence-corrected chi connectivity index (χ1v) is 12.8. The van der Waals surface area contributed by atoms with Crippen molar-refractivity contribution in [1.82, 2.24) is 0 Å². The standard InChI is InChI=1S/C24H26FNO4SSi/c1-24(2,3)32(17-11-7-5-8-12-17,18-13-9-6-10-14-18)30-16-20(27)26-21-15-19(25)22(31-21)23(28)29-4/h5-15H,16H2,1-4H3,(H,26,27). The van der Waals surface area contributed by atoms with Crippen molar-refractivity contribution in [2.45, 2.75) is 25.8 Å². The molecule has 0 aliphatic heterocycles. The van der Waals surface area contributed by atoms with E-state index in [-0.39, 0.29) is 21.5 Å². The summed E-state index contributed by atoms with van der Waals surface area (Å²) < 4.78 is 25.1. The quantitative estimate of drug-likeness (QED) is 0.415. The molecule has 8 heteroatoms. The number of rotatable bonds is 7. The maximum absolute atomic E-state index is 14.0. The first kappa shape index (κ1) is 23.8. The highest BCUT2D eigenvalue weighted by molar-refractivity contribution is 7.18. The van der Waals surface area contributed by atoms with Crippen molar-refractivity contribution in [3.8, 4) is 0 Å². The molecule has 1 amide bonds. The molecule has 0 aliphatic rings. The maximum Gasteiger partial charge on any atom is 0.351 e. The van der Waals surface area contributed by atoms with Gasteiger partial charge in [-0.05, 0) is 15.4 Å². The highest BCUT2D eigenvalue weighted by Crippen LogP contribution is 2.36. The van der Waals surface area contributed by atoms with Gasteiger partial charge in [0.1, 0.15) is 11.5 Å². The fourth-order valence-electron chi connectivity index (χ4n) is 3.77. The van der Waals surface area contributed by atoms with E-state index in [0.29, 0.717) is 0 Å². The molecule has 0 radical (unpaired) electrons. The van der Waals surface area contributed by atoms with E-state index < -0.39 is 26.0 Å². The predicted molar refractivity (Wildman–Crippen MR) is 128 cm³/mol. The molecule has 1 heterocycles. The molecular formula is C24H26FNO4SSi. The molecule has 5 nitrogen and oxygen atoms in total. The number of amides is 1. The van der Waals surface area contributed by atoms with E-state index in [0.717, 1.165) is 27.8 Å². The van der Waals surface area contributed by atoms with E-state index in [4.69, 9.17) is 4.43 Å². The third kappa shape index (κ3) is 4.82. The van der Waals surface area contributed by atoms with Gasteiger partial charge in [-0.2, -0.15) is 0 Å². The minimum Gasteiger partial charge on any atom is -0.465 e. The zero-order chi connectivity index (χ0) is 23.4. The largest absolute Gasteiger partial charge is 0.465 e. The van der Waals surface area contributed by atoms with Gasteiger partial charge in [0.25, 0.3) is 8.32 Å². The Bertz CT molecular complexity index is 1040. The Morgan fingerprint density at radius 2 is 1.53 bits per heavy atom. The van der Waals surface area contributed by atoms with Crippen LogP contribution in [0.5, 0.6) is 0 Å². The number of hydrogen-bond donors (Lipinski definition) is 1. The van der Waals surface area contributed by atoms with Crippen molar-refractivity contribution in [1.29, 1.82) is 0 Å². The normalized spacial score (nSPS) is 11.8. The lowest BCUT2D eigenvalue weighted by atomic mass is 10.2. The molecule has 0 saturated heterocycles. The molecule has 0 aliphatic carbocycles. The van der Waals surface area contributed by atoms with Gasteiger partial charge in [-0.3, -0.25) is 4.79 Å². The molecule has 1 N–H and O–H groups in total. The van der Waals surface area contributed by atoms with Crippen LogP contribution in [0.1, 0.15) is 30.4 Å². The van der Waals surface area contributed by atoms with Crippen molar-refractivity contribution in [3.05, 3.63) is 77.4 Å². The average molecular weight is 472 g/mol. The van der Waals surface area contributed by atoms with Gasteiger partial charge in [0.2, 0.25) is 5.91 Å². The second kappa shape index (κ2) is 9.77. The summed E-state index contributed by atoms with van der Waals surface area (Å²) in [4.78, 5) is 24.2. The smallest absolute Gasteiger partial charge is 0.351 e. The third-order valence-electron chi connectivity index (χ3n) is 5.16. The van der Waals surface area contributed by atoms with Gasteiger partial charge in [-0.15, -0.1) is 11.3 Å². The molecule has 1 aromatic heterocycles. The lowest BCUT2D eigenvalue weighted by Gasteiger charge is -2.42. The van der Waals surface area contributed by atoms with E-state index in [9.17, 15) is 14.0 Å². The number of anilines is 1. The Labute approximate surface area is 192 Å². The zero-order valence-electron chi connectivity index (χ0n) is 18.5. The van der Waals surface area contributed by atoms with E-state index in [1.165, 1.54) is 7.11 Å². The Hall–Kier alpha value is -2.81. The molecule has 0 spiro atoms. The summed E-state index contributed by atoms with van der Waals surface area (Å²) in [6.45, 7) is 6.15. The molecule has 3 rings (SSSR count). The van der Waals surface area contributed by atoms with Crippen molar-refractivity contribution in [3.63, 3.8) is 0 Å². The zero-order valence-corrected chi connectivity index (χ0v) is 20.3. The van der Waals surface area contributed by atoms with Gasteiger partial charge >= 0.3 is 5.97 Å². The number of carbonyl (C=O) groups excluding carboxylic acids is 2. The van der Waals surface area contributed by atoms with E-state index >= 15 is 0 Å². The number of ether oxygens (including phenoxy) is 1. The first-order chi connectivity index (χ1) is 15.2. The monoisotopic (exact) mass is 471 g/mol. The van der Waals surface area contributed by atoms with Gasteiger partial charge in [-0.25, -0.2) is 9.18 Å². The van der Waals surface area contributed by atoms with Gasteiger partial charge in [-0.1, -0.05) is 81.4 Å². The minimum absolute atomic E-state index is 0.185. The molecule has 3 aromatic rings. The van der Waals surface area contributed by atoms with Gasteiger partial charge in [0, 0.05) is 6.07 Å². The van der Waals surface area contributed by atoms with Crippen LogP contribution in [-0.4, -0.2) is 33.9 Å². The van der Waals surface area contributed by atoms with E-state index in [1.807, 2.05) is 60.7 Å².